The molecule has 0 aromatic carbocycles. The smallest absolute Gasteiger partial charge is 0.0984 e. The quantitative estimate of drug-likeness (QED) is 0.864. The highest BCUT2D eigenvalue weighted by Crippen LogP contribution is 2.36. The molecule has 2 aromatic heterocycles. The molecule has 0 radical (unpaired) electrons. The fraction of sp³-hybridized carbons (Fsp3) is 0.538. The van der Waals surface area contributed by atoms with Gasteiger partial charge in [-0.25, -0.2) is 4.98 Å². The molecule has 0 amide bonds. The van der Waals surface area contributed by atoms with Gasteiger partial charge in [0.15, 0.2) is 0 Å². The molecule has 18 heavy (non-hydrogen) atoms. The van der Waals surface area contributed by atoms with Crippen LogP contribution in [0.25, 0.3) is 0 Å². The van der Waals surface area contributed by atoms with E-state index in [0.29, 0.717) is 5.41 Å². The fourth-order valence-electron chi connectivity index (χ4n) is 2.48. The van der Waals surface area contributed by atoms with Crippen molar-refractivity contribution < 1.29 is 0 Å². The van der Waals surface area contributed by atoms with Gasteiger partial charge < -0.3 is 0 Å². The van der Waals surface area contributed by atoms with Crippen molar-refractivity contribution in [2.75, 3.05) is 13.1 Å². The van der Waals surface area contributed by atoms with Crippen LogP contribution >= 0.6 is 22.7 Å². The van der Waals surface area contributed by atoms with Gasteiger partial charge in [-0.1, -0.05) is 6.92 Å². The third kappa shape index (κ3) is 2.48. The molecule has 0 atom stereocenters. The van der Waals surface area contributed by atoms with E-state index < -0.39 is 0 Å². The maximum atomic E-state index is 4.50. The van der Waals surface area contributed by atoms with E-state index in [4.69, 9.17) is 0 Å². The molecule has 1 saturated heterocycles. The lowest BCUT2D eigenvalue weighted by Gasteiger charge is -2.37. The summed E-state index contributed by atoms with van der Waals surface area (Å²) in [4.78, 5) is 12.5. The summed E-state index contributed by atoms with van der Waals surface area (Å²) < 4.78 is 0. The Hall–Kier alpha value is -0.780. The van der Waals surface area contributed by atoms with E-state index in [1.54, 1.807) is 22.7 Å². The zero-order valence-corrected chi connectivity index (χ0v) is 12.1. The van der Waals surface area contributed by atoms with Gasteiger partial charge in [0.05, 0.1) is 10.5 Å². The maximum Gasteiger partial charge on any atom is 0.0984 e. The van der Waals surface area contributed by atoms with Gasteiger partial charge in [0, 0.05) is 34.6 Å². The Morgan fingerprint density at radius 3 is 2.78 bits per heavy atom. The Morgan fingerprint density at radius 2 is 2.17 bits per heavy atom. The van der Waals surface area contributed by atoms with Crippen LogP contribution in [0.3, 0.4) is 0 Å². The molecule has 0 unspecified atom stereocenters. The molecule has 3 nitrogen and oxygen atoms in total. The van der Waals surface area contributed by atoms with E-state index in [-0.39, 0.29) is 0 Å². The number of hydrogen-bond donors (Lipinski definition) is 0. The van der Waals surface area contributed by atoms with Crippen LogP contribution in [-0.4, -0.2) is 28.0 Å². The summed E-state index contributed by atoms with van der Waals surface area (Å²) in [5, 5.41) is 3.39. The van der Waals surface area contributed by atoms with Crippen molar-refractivity contribution >= 4 is 22.7 Å². The minimum atomic E-state index is 0.290. The largest absolute Gasteiger partial charge is 0.298 e. The van der Waals surface area contributed by atoms with E-state index in [2.05, 4.69) is 27.2 Å². The molecule has 1 fully saturated rings. The lowest BCUT2D eigenvalue weighted by Crippen LogP contribution is -2.40. The molecule has 1 aliphatic rings. The van der Waals surface area contributed by atoms with E-state index in [9.17, 15) is 0 Å². The van der Waals surface area contributed by atoms with Gasteiger partial charge in [-0.15, -0.1) is 22.7 Å². The predicted octanol–water partition coefficient (Wildman–Crippen LogP) is 3.15. The Bertz CT molecular complexity index is 470. The highest BCUT2D eigenvalue weighted by Gasteiger charge is 2.33. The second-order valence-corrected chi connectivity index (χ2v) is 7.01. The summed E-state index contributed by atoms with van der Waals surface area (Å²) in [6, 6.07) is 0. The first-order valence-corrected chi connectivity index (χ1v) is 8.02. The third-order valence-corrected chi connectivity index (χ3v) is 5.61. The van der Waals surface area contributed by atoms with Crippen LogP contribution < -0.4 is 0 Å². The summed E-state index contributed by atoms with van der Waals surface area (Å²) in [5.74, 6) is 0. The van der Waals surface area contributed by atoms with Crippen molar-refractivity contribution in [3.63, 3.8) is 0 Å². The molecule has 96 valence electrons. The number of likely N-dealkylation sites (tertiary alicyclic amines) is 1. The first-order valence-electron chi connectivity index (χ1n) is 6.26. The molecule has 0 bridgehead atoms. The van der Waals surface area contributed by atoms with Crippen molar-refractivity contribution in [2.45, 2.75) is 31.7 Å². The maximum absolute atomic E-state index is 4.50. The number of thiazole rings is 2. The van der Waals surface area contributed by atoms with Gasteiger partial charge in [-0.3, -0.25) is 9.88 Å². The Morgan fingerprint density at radius 1 is 1.33 bits per heavy atom. The molecule has 3 heterocycles. The molecular formula is C13H17N3S2. The van der Waals surface area contributed by atoms with Gasteiger partial charge in [-0.2, -0.15) is 0 Å². The summed E-state index contributed by atoms with van der Waals surface area (Å²) in [6.45, 7) is 5.73. The summed E-state index contributed by atoms with van der Waals surface area (Å²) in [7, 11) is 0. The Balaban J connectivity index is 1.61. The number of piperidine rings is 1. The predicted molar refractivity (Wildman–Crippen MR) is 76.1 cm³/mol. The number of nitrogens with zero attached hydrogens (tertiary/aromatic N) is 3. The van der Waals surface area contributed by atoms with Crippen molar-refractivity contribution in [3.05, 3.63) is 33.2 Å². The van der Waals surface area contributed by atoms with Gasteiger partial charge in [0.25, 0.3) is 0 Å². The van der Waals surface area contributed by atoms with E-state index in [0.717, 1.165) is 19.6 Å². The second kappa shape index (κ2) is 5.07. The fourth-order valence-corrected chi connectivity index (χ4v) is 3.98. The van der Waals surface area contributed by atoms with Gasteiger partial charge in [-0.05, 0) is 25.9 Å². The molecule has 0 aliphatic carbocycles. The van der Waals surface area contributed by atoms with E-state index >= 15 is 0 Å². The number of aromatic nitrogens is 2. The molecular weight excluding hydrogens is 262 g/mol. The summed E-state index contributed by atoms with van der Waals surface area (Å²) in [6.07, 6.45) is 6.33. The monoisotopic (exact) mass is 279 g/mol. The average molecular weight is 279 g/mol. The van der Waals surface area contributed by atoms with Crippen molar-refractivity contribution in [1.82, 2.24) is 14.9 Å². The molecule has 5 heteroatoms. The van der Waals surface area contributed by atoms with Crippen molar-refractivity contribution in [1.29, 1.82) is 0 Å². The van der Waals surface area contributed by atoms with E-state index in [1.165, 1.54) is 22.7 Å². The molecule has 3 rings (SSSR count). The highest BCUT2D eigenvalue weighted by atomic mass is 32.1. The zero-order chi connectivity index (χ0) is 12.4. The Kier molecular flexibility index (Phi) is 3.46. The van der Waals surface area contributed by atoms with Gasteiger partial charge in [0.1, 0.15) is 0 Å². The van der Waals surface area contributed by atoms with Crippen molar-refractivity contribution in [3.8, 4) is 0 Å². The third-order valence-electron chi connectivity index (χ3n) is 3.77. The van der Waals surface area contributed by atoms with Crippen LogP contribution in [0.2, 0.25) is 0 Å². The highest BCUT2D eigenvalue weighted by molar-refractivity contribution is 7.09. The minimum Gasteiger partial charge on any atom is -0.298 e. The minimum absolute atomic E-state index is 0.290. The topological polar surface area (TPSA) is 29.0 Å². The summed E-state index contributed by atoms with van der Waals surface area (Å²) >= 11 is 3.55. The second-order valence-electron chi connectivity index (χ2n) is 5.14. The standard InChI is InChI=1S/C13H17N3S2/c1-13(12-15-4-7-17-12)2-5-16(6-3-13)9-11-8-14-10-18-11/h4,7-8,10H,2-3,5-6,9H2,1H3. The average Bonchev–Trinajstić information content (AvgIpc) is 3.04. The molecule has 0 N–H and O–H groups in total. The molecule has 2 aromatic rings. The lowest BCUT2D eigenvalue weighted by molar-refractivity contribution is 0.163. The van der Waals surface area contributed by atoms with Crippen LogP contribution in [0.1, 0.15) is 29.7 Å². The summed E-state index contributed by atoms with van der Waals surface area (Å²) in [5.41, 5.74) is 2.21. The van der Waals surface area contributed by atoms with Gasteiger partial charge in [0.2, 0.25) is 0 Å². The number of hydrogen-bond acceptors (Lipinski definition) is 5. The number of rotatable bonds is 3. The molecule has 0 saturated carbocycles. The van der Waals surface area contributed by atoms with Crippen LogP contribution in [0.4, 0.5) is 0 Å². The molecule has 1 aliphatic heterocycles. The van der Waals surface area contributed by atoms with Crippen molar-refractivity contribution in [2.24, 2.45) is 0 Å². The zero-order valence-electron chi connectivity index (χ0n) is 10.5. The first-order chi connectivity index (χ1) is 8.76. The molecule has 0 spiro atoms. The SMILES string of the molecule is CC1(c2nccs2)CCN(Cc2cncs2)CC1. The van der Waals surface area contributed by atoms with Crippen LogP contribution in [0.15, 0.2) is 23.3 Å². The van der Waals surface area contributed by atoms with Crippen LogP contribution in [-0.2, 0) is 12.0 Å². The first kappa shape index (κ1) is 12.3. The normalized spacial score (nSPS) is 20.1. The van der Waals surface area contributed by atoms with E-state index in [1.807, 2.05) is 17.9 Å². The van der Waals surface area contributed by atoms with Gasteiger partial charge >= 0.3 is 0 Å². The Labute approximate surface area is 116 Å². The van der Waals surface area contributed by atoms with Crippen LogP contribution in [0, 0.1) is 0 Å². The lowest BCUT2D eigenvalue weighted by atomic mass is 9.81. The van der Waals surface area contributed by atoms with Crippen LogP contribution in [0.5, 0.6) is 0 Å².